The van der Waals surface area contributed by atoms with Crippen LogP contribution in [0.1, 0.15) is 17.5 Å². The third-order valence-corrected chi connectivity index (χ3v) is 3.00. The van der Waals surface area contributed by atoms with Gasteiger partial charge >= 0.3 is 0 Å². The molecule has 4 heteroatoms. The maximum Gasteiger partial charge on any atom is 0.129 e. The van der Waals surface area contributed by atoms with Crippen molar-refractivity contribution in [1.29, 1.82) is 0 Å². The summed E-state index contributed by atoms with van der Waals surface area (Å²) in [5, 5.41) is 8.83. The zero-order chi connectivity index (χ0) is 13.5. The summed E-state index contributed by atoms with van der Waals surface area (Å²) in [5.41, 5.74) is 2.16. The molecule has 0 unspecified atom stereocenters. The number of ether oxygens (including phenoxy) is 2. The van der Waals surface area contributed by atoms with Gasteiger partial charge in [-0.1, -0.05) is 6.07 Å². The van der Waals surface area contributed by atoms with Crippen molar-refractivity contribution in [2.24, 2.45) is 0 Å². The second-order valence-corrected chi connectivity index (χ2v) is 4.40. The number of benzene rings is 1. The number of aliphatic hydroxyl groups is 1. The van der Waals surface area contributed by atoms with Crippen LogP contribution in [0.3, 0.4) is 0 Å². The molecular formula is C14H23NO3. The average molecular weight is 253 g/mol. The van der Waals surface area contributed by atoms with E-state index in [0.717, 1.165) is 42.1 Å². The van der Waals surface area contributed by atoms with Gasteiger partial charge in [0.15, 0.2) is 0 Å². The fraction of sp³-hybridized carbons (Fsp3) is 0.571. The van der Waals surface area contributed by atoms with E-state index in [2.05, 4.69) is 4.90 Å². The first-order chi connectivity index (χ1) is 8.63. The second kappa shape index (κ2) is 7.24. The maximum atomic E-state index is 8.83. The van der Waals surface area contributed by atoms with Gasteiger partial charge in [-0.2, -0.15) is 0 Å². The van der Waals surface area contributed by atoms with E-state index < -0.39 is 0 Å². The van der Waals surface area contributed by atoms with Crippen molar-refractivity contribution >= 4 is 0 Å². The molecule has 0 fully saturated rings. The minimum atomic E-state index is 0.225. The van der Waals surface area contributed by atoms with Gasteiger partial charge in [-0.15, -0.1) is 0 Å². The minimum Gasteiger partial charge on any atom is -0.496 e. The topological polar surface area (TPSA) is 41.9 Å². The van der Waals surface area contributed by atoms with E-state index in [1.165, 1.54) is 0 Å². The van der Waals surface area contributed by atoms with Crippen LogP contribution in [-0.2, 0) is 6.54 Å². The minimum absolute atomic E-state index is 0.225. The predicted octanol–water partition coefficient (Wildman–Crippen LogP) is 1.83. The molecule has 0 saturated heterocycles. The molecule has 0 aliphatic rings. The molecular weight excluding hydrogens is 230 g/mol. The van der Waals surface area contributed by atoms with E-state index in [-0.39, 0.29) is 6.61 Å². The van der Waals surface area contributed by atoms with Gasteiger partial charge in [0.05, 0.1) is 14.2 Å². The van der Waals surface area contributed by atoms with Gasteiger partial charge in [-0.25, -0.2) is 0 Å². The van der Waals surface area contributed by atoms with Crippen molar-refractivity contribution in [2.75, 3.05) is 34.4 Å². The summed E-state index contributed by atoms with van der Waals surface area (Å²) < 4.78 is 10.8. The standard InChI is InChI=1S/C14H23NO3/c1-11-13(17-3)7-6-12(14(11)18-4)10-15(2)8-5-9-16/h6-7,16H,5,8-10H2,1-4H3. The fourth-order valence-electron chi connectivity index (χ4n) is 2.07. The lowest BCUT2D eigenvalue weighted by Gasteiger charge is -2.20. The first-order valence-corrected chi connectivity index (χ1v) is 6.13. The van der Waals surface area contributed by atoms with Crippen LogP contribution < -0.4 is 9.47 Å². The normalized spacial score (nSPS) is 10.8. The van der Waals surface area contributed by atoms with Gasteiger partial charge in [-0.05, 0) is 26.5 Å². The molecule has 1 N–H and O–H groups in total. The Balaban J connectivity index is 2.85. The van der Waals surface area contributed by atoms with Gasteiger partial charge < -0.3 is 19.5 Å². The van der Waals surface area contributed by atoms with Crippen molar-refractivity contribution in [3.8, 4) is 11.5 Å². The molecule has 0 aromatic heterocycles. The van der Waals surface area contributed by atoms with Crippen molar-refractivity contribution in [3.63, 3.8) is 0 Å². The van der Waals surface area contributed by atoms with E-state index >= 15 is 0 Å². The summed E-state index contributed by atoms with van der Waals surface area (Å²) in [5.74, 6) is 1.72. The van der Waals surface area contributed by atoms with Crippen LogP contribution in [0.15, 0.2) is 12.1 Å². The Hall–Kier alpha value is -1.26. The van der Waals surface area contributed by atoms with Crippen LogP contribution in [-0.4, -0.2) is 44.4 Å². The molecule has 0 saturated carbocycles. The van der Waals surface area contributed by atoms with Gasteiger partial charge in [0.1, 0.15) is 11.5 Å². The largest absolute Gasteiger partial charge is 0.496 e. The lowest BCUT2D eigenvalue weighted by molar-refractivity contribution is 0.242. The van der Waals surface area contributed by atoms with E-state index in [4.69, 9.17) is 14.6 Å². The third kappa shape index (κ3) is 3.62. The van der Waals surface area contributed by atoms with Crippen molar-refractivity contribution < 1.29 is 14.6 Å². The molecule has 0 aliphatic heterocycles. The Morgan fingerprint density at radius 1 is 1.22 bits per heavy atom. The Bertz CT molecular complexity index is 380. The quantitative estimate of drug-likeness (QED) is 0.805. The third-order valence-electron chi connectivity index (χ3n) is 3.00. The number of methoxy groups -OCH3 is 2. The molecule has 4 nitrogen and oxygen atoms in total. The summed E-state index contributed by atoms with van der Waals surface area (Å²) in [7, 11) is 5.38. The first kappa shape index (κ1) is 14.8. The molecule has 1 aromatic rings. The van der Waals surface area contributed by atoms with Crippen molar-refractivity contribution in [1.82, 2.24) is 4.90 Å². The Kier molecular flexibility index (Phi) is 5.95. The lowest BCUT2D eigenvalue weighted by atomic mass is 10.1. The molecule has 0 bridgehead atoms. The van der Waals surface area contributed by atoms with Gasteiger partial charge in [0.2, 0.25) is 0 Å². The highest BCUT2D eigenvalue weighted by Crippen LogP contribution is 2.31. The van der Waals surface area contributed by atoms with Crippen LogP contribution in [0.4, 0.5) is 0 Å². The maximum absolute atomic E-state index is 8.83. The summed E-state index contributed by atoms with van der Waals surface area (Å²) in [6, 6.07) is 3.99. The van der Waals surface area contributed by atoms with Crippen molar-refractivity contribution in [2.45, 2.75) is 19.9 Å². The number of aliphatic hydroxyl groups excluding tert-OH is 1. The van der Waals surface area contributed by atoms with Crippen molar-refractivity contribution in [3.05, 3.63) is 23.3 Å². The van der Waals surface area contributed by atoms with Crippen LogP contribution in [0.5, 0.6) is 11.5 Å². The van der Waals surface area contributed by atoms with Gasteiger partial charge in [0, 0.05) is 30.8 Å². The molecule has 18 heavy (non-hydrogen) atoms. The molecule has 0 heterocycles. The number of hydrogen-bond acceptors (Lipinski definition) is 4. The first-order valence-electron chi connectivity index (χ1n) is 6.13. The highest BCUT2D eigenvalue weighted by atomic mass is 16.5. The average Bonchev–Trinajstić information content (AvgIpc) is 2.37. The molecule has 0 spiro atoms. The highest BCUT2D eigenvalue weighted by Gasteiger charge is 2.12. The summed E-state index contributed by atoms with van der Waals surface area (Å²) >= 11 is 0. The summed E-state index contributed by atoms with van der Waals surface area (Å²) in [6.45, 7) is 3.89. The van der Waals surface area contributed by atoms with Gasteiger partial charge in [0.25, 0.3) is 0 Å². The molecule has 102 valence electrons. The van der Waals surface area contributed by atoms with Crippen LogP contribution in [0.25, 0.3) is 0 Å². The molecule has 0 radical (unpaired) electrons. The monoisotopic (exact) mass is 253 g/mol. The lowest BCUT2D eigenvalue weighted by Crippen LogP contribution is -2.20. The van der Waals surface area contributed by atoms with E-state index in [0.29, 0.717) is 0 Å². The molecule has 1 rings (SSSR count). The van der Waals surface area contributed by atoms with Gasteiger partial charge in [-0.3, -0.25) is 0 Å². The second-order valence-electron chi connectivity index (χ2n) is 4.40. The zero-order valence-corrected chi connectivity index (χ0v) is 11.7. The zero-order valence-electron chi connectivity index (χ0n) is 11.7. The predicted molar refractivity (Wildman–Crippen MR) is 72.3 cm³/mol. The molecule has 0 amide bonds. The van der Waals surface area contributed by atoms with Crippen LogP contribution in [0.2, 0.25) is 0 Å². The number of nitrogens with zero attached hydrogens (tertiary/aromatic N) is 1. The summed E-state index contributed by atoms with van der Waals surface area (Å²) in [6.07, 6.45) is 0.786. The van der Waals surface area contributed by atoms with E-state index in [1.54, 1.807) is 14.2 Å². The Morgan fingerprint density at radius 2 is 1.94 bits per heavy atom. The SMILES string of the molecule is COc1ccc(CN(C)CCCO)c(OC)c1C. The summed E-state index contributed by atoms with van der Waals surface area (Å²) in [4.78, 5) is 2.17. The molecule has 1 aromatic carbocycles. The smallest absolute Gasteiger partial charge is 0.129 e. The highest BCUT2D eigenvalue weighted by molar-refractivity contribution is 5.49. The number of hydrogen-bond donors (Lipinski definition) is 1. The van der Waals surface area contributed by atoms with E-state index in [1.807, 2.05) is 26.1 Å². The van der Waals surface area contributed by atoms with Crippen LogP contribution in [0, 0.1) is 6.92 Å². The molecule has 0 aliphatic carbocycles. The Morgan fingerprint density at radius 3 is 2.50 bits per heavy atom. The van der Waals surface area contributed by atoms with E-state index in [9.17, 15) is 0 Å². The Labute approximate surface area is 109 Å². The number of rotatable bonds is 7. The molecule has 0 atom stereocenters. The fourth-order valence-corrected chi connectivity index (χ4v) is 2.07. The van der Waals surface area contributed by atoms with Crippen LogP contribution >= 0.6 is 0 Å².